The van der Waals surface area contributed by atoms with Crippen molar-refractivity contribution in [2.24, 2.45) is 0 Å². The van der Waals surface area contributed by atoms with E-state index in [-0.39, 0.29) is 11.6 Å². The largest absolute Gasteiger partial charge is 0.492 e. The van der Waals surface area contributed by atoms with Crippen LogP contribution in [0.15, 0.2) is 34.7 Å². The molecule has 0 radical (unpaired) electrons. The maximum atomic E-state index is 11.4. The van der Waals surface area contributed by atoms with Crippen LogP contribution in [0.25, 0.3) is 11.1 Å². The first-order chi connectivity index (χ1) is 16.0. The van der Waals surface area contributed by atoms with Gasteiger partial charge in [-0.25, -0.2) is 4.79 Å². The van der Waals surface area contributed by atoms with Gasteiger partial charge in [-0.15, -0.1) is 0 Å². The van der Waals surface area contributed by atoms with Gasteiger partial charge in [0.1, 0.15) is 22.0 Å². The molecule has 33 heavy (non-hydrogen) atoms. The van der Waals surface area contributed by atoms with Crippen LogP contribution in [0.1, 0.15) is 42.6 Å². The molecule has 0 bridgehead atoms. The summed E-state index contributed by atoms with van der Waals surface area (Å²) in [5.74, 6) is 0.154. The van der Waals surface area contributed by atoms with E-state index in [0.29, 0.717) is 53.4 Å². The van der Waals surface area contributed by atoms with Crippen molar-refractivity contribution >= 4 is 34.7 Å². The highest BCUT2D eigenvalue weighted by Gasteiger charge is 2.26. The molecule has 0 aliphatic carbocycles. The van der Waals surface area contributed by atoms with E-state index in [4.69, 9.17) is 25.5 Å². The Balaban J connectivity index is 1.72. The SMILES string of the molecule is CCOc1cc(CN(c2nc3ccc(C(=O)O)cc3o2)C2CCNCC2)cc(OCC)c1Cl. The van der Waals surface area contributed by atoms with E-state index in [2.05, 4.69) is 15.2 Å². The fourth-order valence-corrected chi connectivity index (χ4v) is 4.29. The molecule has 4 rings (SSSR count). The Morgan fingerprint density at radius 1 is 1.18 bits per heavy atom. The molecular weight excluding hydrogens is 446 g/mol. The molecule has 8 nitrogen and oxygen atoms in total. The van der Waals surface area contributed by atoms with E-state index in [1.165, 1.54) is 12.1 Å². The summed E-state index contributed by atoms with van der Waals surface area (Å²) in [6, 6.07) is 9.24. The summed E-state index contributed by atoms with van der Waals surface area (Å²) in [4.78, 5) is 18.2. The average Bonchev–Trinajstić information content (AvgIpc) is 3.24. The molecule has 0 amide bonds. The van der Waals surface area contributed by atoms with Crippen molar-refractivity contribution < 1.29 is 23.8 Å². The number of piperidine rings is 1. The molecule has 0 saturated carbocycles. The van der Waals surface area contributed by atoms with Gasteiger partial charge in [0.15, 0.2) is 5.58 Å². The van der Waals surface area contributed by atoms with Gasteiger partial charge >= 0.3 is 5.97 Å². The molecule has 1 fully saturated rings. The minimum atomic E-state index is -1.00. The summed E-state index contributed by atoms with van der Waals surface area (Å²) < 4.78 is 17.6. The van der Waals surface area contributed by atoms with Gasteiger partial charge in [-0.2, -0.15) is 4.98 Å². The van der Waals surface area contributed by atoms with Crippen LogP contribution in [0.3, 0.4) is 0 Å². The number of carboxylic acids is 1. The summed E-state index contributed by atoms with van der Waals surface area (Å²) >= 11 is 6.48. The molecule has 0 unspecified atom stereocenters. The van der Waals surface area contributed by atoms with E-state index in [9.17, 15) is 9.90 Å². The first-order valence-corrected chi connectivity index (χ1v) is 11.6. The van der Waals surface area contributed by atoms with Gasteiger partial charge in [-0.3, -0.25) is 0 Å². The lowest BCUT2D eigenvalue weighted by molar-refractivity contribution is 0.0697. The number of ether oxygens (including phenoxy) is 2. The lowest BCUT2D eigenvalue weighted by atomic mass is 10.0. The van der Waals surface area contributed by atoms with Gasteiger partial charge in [-0.1, -0.05) is 11.6 Å². The third-order valence-electron chi connectivity index (χ3n) is 5.64. The molecule has 1 aliphatic rings. The number of rotatable bonds is 9. The first kappa shape index (κ1) is 23.2. The van der Waals surface area contributed by atoms with Crippen molar-refractivity contribution in [1.29, 1.82) is 0 Å². The molecule has 3 aromatic rings. The summed E-state index contributed by atoms with van der Waals surface area (Å²) in [5.41, 5.74) is 2.19. The Morgan fingerprint density at radius 3 is 2.45 bits per heavy atom. The van der Waals surface area contributed by atoms with Gasteiger partial charge in [0.2, 0.25) is 0 Å². The molecule has 1 aliphatic heterocycles. The van der Waals surface area contributed by atoms with E-state index in [1.54, 1.807) is 6.07 Å². The highest BCUT2D eigenvalue weighted by Crippen LogP contribution is 2.37. The number of nitrogens with zero attached hydrogens (tertiary/aromatic N) is 2. The highest BCUT2D eigenvalue weighted by molar-refractivity contribution is 6.33. The number of hydrogen-bond acceptors (Lipinski definition) is 7. The summed E-state index contributed by atoms with van der Waals surface area (Å²) in [5, 5.41) is 13.2. The van der Waals surface area contributed by atoms with Gasteiger partial charge in [0.05, 0.1) is 18.8 Å². The molecule has 1 aromatic heterocycles. The third kappa shape index (κ3) is 5.17. The zero-order chi connectivity index (χ0) is 23.4. The number of hydrogen-bond donors (Lipinski definition) is 2. The topological polar surface area (TPSA) is 97.1 Å². The second-order valence-corrected chi connectivity index (χ2v) is 8.24. The van der Waals surface area contributed by atoms with Crippen LogP contribution in [-0.4, -0.2) is 48.4 Å². The number of anilines is 1. The smallest absolute Gasteiger partial charge is 0.335 e. The van der Waals surface area contributed by atoms with Crippen LogP contribution < -0.4 is 19.7 Å². The van der Waals surface area contributed by atoms with E-state index in [1.807, 2.05) is 26.0 Å². The van der Waals surface area contributed by atoms with Crippen LogP contribution in [0.5, 0.6) is 11.5 Å². The standard InChI is InChI=1S/C24H28ClN3O5/c1-3-31-20-11-15(12-21(22(20)25)32-4-2)14-28(17-7-9-26-10-8-17)24-27-18-6-5-16(23(29)30)13-19(18)33-24/h5-6,11-13,17,26H,3-4,7-10,14H2,1-2H3,(H,29,30). The molecule has 9 heteroatoms. The number of nitrogens with one attached hydrogen (secondary N) is 1. The number of aromatic carboxylic acids is 1. The molecule has 1 saturated heterocycles. The van der Waals surface area contributed by atoms with Crippen molar-refractivity contribution in [2.45, 2.75) is 39.3 Å². The van der Waals surface area contributed by atoms with Crippen molar-refractivity contribution in [2.75, 3.05) is 31.2 Å². The van der Waals surface area contributed by atoms with E-state index in [0.717, 1.165) is 31.5 Å². The summed E-state index contributed by atoms with van der Waals surface area (Å²) in [6.45, 7) is 7.12. The van der Waals surface area contributed by atoms with Crippen molar-refractivity contribution in [3.05, 3.63) is 46.5 Å². The minimum absolute atomic E-state index is 0.166. The summed E-state index contributed by atoms with van der Waals surface area (Å²) in [7, 11) is 0. The molecule has 2 aromatic carbocycles. The predicted molar refractivity (Wildman–Crippen MR) is 127 cm³/mol. The van der Waals surface area contributed by atoms with Crippen molar-refractivity contribution in [3.8, 4) is 11.5 Å². The maximum absolute atomic E-state index is 11.4. The number of halogens is 1. The fourth-order valence-electron chi connectivity index (χ4n) is 4.08. The van der Waals surface area contributed by atoms with Gasteiger partial charge < -0.3 is 29.2 Å². The molecule has 0 atom stereocenters. The number of carbonyl (C=O) groups is 1. The van der Waals surface area contributed by atoms with Gasteiger partial charge in [0, 0.05) is 12.6 Å². The van der Waals surface area contributed by atoms with Crippen LogP contribution >= 0.6 is 11.6 Å². The number of oxazole rings is 1. The Hall–Kier alpha value is -2.97. The number of aromatic nitrogens is 1. The monoisotopic (exact) mass is 473 g/mol. The number of fused-ring (bicyclic) bond motifs is 1. The minimum Gasteiger partial charge on any atom is -0.492 e. The lowest BCUT2D eigenvalue weighted by Gasteiger charge is -2.33. The van der Waals surface area contributed by atoms with Gasteiger partial charge in [0.25, 0.3) is 6.01 Å². The maximum Gasteiger partial charge on any atom is 0.335 e. The van der Waals surface area contributed by atoms with E-state index < -0.39 is 5.97 Å². The zero-order valence-corrected chi connectivity index (χ0v) is 19.5. The van der Waals surface area contributed by atoms with Crippen molar-refractivity contribution in [1.82, 2.24) is 10.3 Å². The second kappa shape index (κ2) is 10.3. The molecule has 0 spiro atoms. The summed E-state index contributed by atoms with van der Waals surface area (Å²) in [6.07, 6.45) is 1.87. The average molecular weight is 474 g/mol. The lowest BCUT2D eigenvalue weighted by Crippen LogP contribution is -2.43. The van der Waals surface area contributed by atoms with Crippen LogP contribution in [-0.2, 0) is 6.54 Å². The van der Waals surface area contributed by atoms with Crippen LogP contribution in [0, 0.1) is 0 Å². The molecular formula is C24H28ClN3O5. The normalized spacial score (nSPS) is 14.4. The Bertz CT molecular complexity index is 1100. The molecule has 2 heterocycles. The zero-order valence-electron chi connectivity index (χ0n) is 18.8. The Labute approximate surface area is 197 Å². The van der Waals surface area contributed by atoms with Crippen LogP contribution in [0.4, 0.5) is 6.01 Å². The number of benzene rings is 2. The number of carboxylic acid groups (broad SMARTS) is 1. The Kier molecular flexibility index (Phi) is 7.25. The third-order valence-corrected chi connectivity index (χ3v) is 6.01. The first-order valence-electron chi connectivity index (χ1n) is 11.2. The highest BCUT2D eigenvalue weighted by atomic mass is 35.5. The fraction of sp³-hybridized carbons (Fsp3) is 0.417. The van der Waals surface area contributed by atoms with Gasteiger partial charge in [-0.05, 0) is 75.7 Å². The second-order valence-electron chi connectivity index (χ2n) is 7.87. The molecule has 2 N–H and O–H groups in total. The van der Waals surface area contributed by atoms with Crippen LogP contribution in [0.2, 0.25) is 5.02 Å². The predicted octanol–water partition coefficient (Wildman–Crippen LogP) is 4.74. The Morgan fingerprint density at radius 2 is 1.85 bits per heavy atom. The quantitative estimate of drug-likeness (QED) is 0.460. The molecule has 176 valence electrons. The van der Waals surface area contributed by atoms with E-state index >= 15 is 0 Å². The van der Waals surface area contributed by atoms with Crippen molar-refractivity contribution in [3.63, 3.8) is 0 Å².